The molecule has 1 aromatic rings. The van der Waals surface area contributed by atoms with E-state index in [0.717, 1.165) is 6.42 Å². The zero-order valence-corrected chi connectivity index (χ0v) is 12.6. The Bertz CT molecular complexity index is 490. The van der Waals surface area contributed by atoms with Crippen molar-refractivity contribution in [2.45, 2.75) is 19.3 Å². The second-order valence-corrected chi connectivity index (χ2v) is 4.82. The Morgan fingerprint density at radius 1 is 0.947 bits per heavy atom. The molecule has 1 saturated heterocycles. The van der Waals surface area contributed by atoms with Crippen LogP contribution in [0.5, 0.6) is 0 Å². The average molecular weight is 316 g/mol. The molecule has 1 aromatic carbocycles. The lowest BCUT2D eigenvalue weighted by atomic mass is 10.0. The van der Waals surface area contributed by atoms with Crippen LogP contribution < -0.4 is 21.9 Å². The molecular weight excluding hydrogens is 298 g/mol. The van der Waals surface area contributed by atoms with Gasteiger partial charge in [-0.1, -0.05) is 12.2 Å². The summed E-state index contributed by atoms with van der Waals surface area (Å²) in [5, 5.41) is 0. The number of benzene rings is 1. The van der Waals surface area contributed by atoms with Crippen molar-refractivity contribution in [3.05, 3.63) is 60.2 Å². The summed E-state index contributed by atoms with van der Waals surface area (Å²) in [7, 11) is 0. The summed E-state index contributed by atoms with van der Waals surface area (Å²) in [6, 6.07) is 8.90. The van der Waals surface area contributed by atoms with E-state index in [1.165, 1.54) is 42.8 Å². The van der Waals surface area contributed by atoms with E-state index in [1.54, 1.807) is 0 Å². The van der Waals surface area contributed by atoms with Crippen LogP contribution >= 0.6 is 0 Å². The second-order valence-electron chi connectivity index (χ2n) is 4.82. The van der Waals surface area contributed by atoms with E-state index < -0.39 is 0 Å². The number of hydrogen-bond donors (Lipinski definition) is 0. The lowest BCUT2D eigenvalue weighted by Gasteiger charge is -2.16. The minimum absolute atomic E-state index is 0. The van der Waals surface area contributed by atoms with Crippen molar-refractivity contribution in [3.8, 4) is 0 Å². The van der Waals surface area contributed by atoms with Crippen molar-refractivity contribution in [1.82, 2.24) is 0 Å². The fourth-order valence-corrected chi connectivity index (χ4v) is 2.55. The molecule has 19 heavy (non-hydrogen) atoms. The smallest absolute Gasteiger partial charge is 0.191 e. The van der Waals surface area contributed by atoms with Gasteiger partial charge in [0.25, 0.3) is 0 Å². The highest BCUT2D eigenvalue weighted by Gasteiger charge is 2.14. The maximum atomic E-state index is 3.42. The van der Waals surface area contributed by atoms with Crippen LogP contribution in [0.1, 0.15) is 24.8 Å². The summed E-state index contributed by atoms with van der Waals surface area (Å²) in [6.45, 7) is 2.41. The maximum absolute atomic E-state index is 3.42. The van der Waals surface area contributed by atoms with Gasteiger partial charge in [0.05, 0.1) is 18.1 Å². The van der Waals surface area contributed by atoms with Crippen molar-refractivity contribution >= 4 is 11.3 Å². The Morgan fingerprint density at radius 2 is 1.68 bits per heavy atom. The third-order valence-corrected chi connectivity index (χ3v) is 3.57. The first-order valence-electron chi connectivity index (χ1n) is 6.73. The molecule has 0 unspecified atom stereocenters. The Hall–Kier alpha value is -1.37. The predicted molar refractivity (Wildman–Crippen MR) is 77.4 cm³/mol. The molecule has 0 amide bonds. The molecule has 1 aliphatic heterocycles. The molecule has 1 nitrogen and oxygen atoms in total. The second kappa shape index (κ2) is 6.70. The lowest BCUT2D eigenvalue weighted by Crippen LogP contribution is -3.00. The topological polar surface area (TPSA) is 3.24 Å². The van der Waals surface area contributed by atoms with Gasteiger partial charge in [0, 0.05) is 37.0 Å². The van der Waals surface area contributed by atoms with Crippen LogP contribution in [0.25, 0.3) is 5.57 Å². The Kier molecular flexibility index (Phi) is 4.95. The minimum atomic E-state index is 0. The number of allylic oxidation sites excluding steroid dienone is 6. The molecule has 98 valence electrons. The van der Waals surface area contributed by atoms with Gasteiger partial charge in [-0.05, 0) is 31.1 Å². The third kappa shape index (κ3) is 3.34. The number of anilines is 1. The first-order valence-corrected chi connectivity index (χ1v) is 6.73. The predicted octanol–water partition coefficient (Wildman–Crippen LogP) is 0.993. The third-order valence-electron chi connectivity index (χ3n) is 3.57. The SMILES string of the molecule is [Br-].[C+]1=C(c2ccc(N3CCCC3)cc2)C=CC=CC1. The zero-order chi connectivity index (χ0) is 12.2. The van der Waals surface area contributed by atoms with Gasteiger partial charge in [-0.3, -0.25) is 0 Å². The van der Waals surface area contributed by atoms with E-state index in [9.17, 15) is 0 Å². The van der Waals surface area contributed by atoms with E-state index in [0.29, 0.717) is 0 Å². The molecule has 0 atom stereocenters. The normalized spacial score (nSPS) is 17.5. The summed E-state index contributed by atoms with van der Waals surface area (Å²) in [5.41, 5.74) is 3.82. The van der Waals surface area contributed by atoms with E-state index in [4.69, 9.17) is 0 Å². The molecule has 0 bridgehead atoms. The standard InChI is InChI=1S/C17H18N.BrH/c1-2-4-8-15(7-3-1)16-9-11-17(12-10-16)18-13-5-6-14-18;/h1-3,7,9-12H,4-6,13-14H2;1H/q+1;/p-1. The van der Waals surface area contributed by atoms with Gasteiger partial charge in [-0.2, -0.15) is 0 Å². The van der Waals surface area contributed by atoms with Crippen molar-refractivity contribution in [3.63, 3.8) is 0 Å². The highest BCUT2D eigenvalue weighted by Crippen LogP contribution is 2.24. The Labute approximate surface area is 126 Å². The number of halogens is 1. The molecule has 2 aliphatic rings. The molecule has 2 heteroatoms. The highest BCUT2D eigenvalue weighted by atomic mass is 79.9. The molecule has 0 aromatic heterocycles. The van der Waals surface area contributed by atoms with Gasteiger partial charge in [0.15, 0.2) is 5.57 Å². The van der Waals surface area contributed by atoms with E-state index in [-0.39, 0.29) is 17.0 Å². The molecule has 0 N–H and O–H groups in total. The van der Waals surface area contributed by atoms with E-state index in [1.807, 2.05) is 0 Å². The highest BCUT2D eigenvalue weighted by molar-refractivity contribution is 5.74. The van der Waals surface area contributed by atoms with Crippen LogP contribution in [0.3, 0.4) is 0 Å². The van der Waals surface area contributed by atoms with Crippen LogP contribution in [0.4, 0.5) is 5.69 Å². The van der Waals surface area contributed by atoms with E-state index >= 15 is 0 Å². The lowest BCUT2D eigenvalue weighted by molar-refractivity contribution is -0.00000351. The average Bonchev–Trinajstić information content (AvgIpc) is 2.82. The van der Waals surface area contributed by atoms with Crippen molar-refractivity contribution in [1.29, 1.82) is 0 Å². The summed E-state index contributed by atoms with van der Waals surface area (Å²) in [6.07, 6.45) is 15.4. The van der Waals surface area contributed by atoms with Gasteiger partial charge in [-0.15, -0.1) is 0 Å². The van der Waals surface area contributed by atoms with Crippen LogP contribution in [-0.2, 0) is 0 Å². The van der Waals surface area contributed by atoms with Crippen LogP contribution in [0.15, 0.2) is 48.6 Å². The van der Waals surface area contributed by atoms with Crippen molar-refractivity contribution in [2.75, 3.05) is 18.0 Å². The minimum Gasteiger partial charge on any atom is -1.00 e. The summed E-state index contributed by atoms with van der Waals surface area (Å²) >= 11 is 0. The van der Waals surface area contributed by atoms with Crippen LogP contribution in [0, 0.1) is 6.08 Å². The zero-order valence-electron chi connectivity index (χ0n) is 11.0. The fourth-order valence-electron chi connectivity index (χ4n) is 2.55. The van der Waals surface area contributed by atoms with Crippen molar-refractivity contribution in [2.24, 2.45) is 0 Å². The van der Waals surface area contributed by atoms with Gasteiger partial charge >= 0.3 is 0 Å². The number of rotatable bonds is 2. The van der Waals surface area contributed by atoms with Crippen molar-refractivity contribution < 1.29 is 17.0 Å². The maximum Gasteiger partial charge on any atom is 0.191 e. The molecular formula is C17H18BrN. The molecule has 0 saturated carbocycles. The van der Waals surface area contributed by atoms with Gasteiger partial charge in [0.2, 0.25) is 0 Å². The molecule has 1 heterocycles. The molecule has 0 spiro atoms. The summed E-state index contributed by atoms with van der Waals surface area (Å²) in [4.78, 5) is 2.46. The molecule has 3 rings (SSSR count). The number of nitrogens with zero attached hydrogens (tertiary/aromatic N) is 1. The van der Waals surface area contributed by atoms with Crippen LogP contribution in [-0.4, -0.2) is 13.1 Å². The van der Waals surface area contributed by atoms with Gasteiger partial charge in [-0.25, -0.2) is 0 Å². The van der Waals surface area contributed by atoms with Gasteiger partial charge < -0.3 is 21.9 Å². The first-order chi connectivity index (χ1) is 8.93. The quantitative estimate of drug-likeness (QED) is 0.736. The summed E-state index contributed by atoms with van der Waals surface area (Å²) < 4.78 is 0. The molecule has 1 aliphatic carbocycles. The van der Waals surface area contributed by atoms with E-state index in [2.05, 4.69) is 59.5 Å². The summed E-state index contributed by atoms with van der Waals surface area (Å²) in [5.74, 6) is 0. The van der Waals surface area contributed by atoms with Gasteiger partial charge in [0.1, 0.15) is 0 Å². The molecule has 0 radical (unpaired) electrons. The Morgan fingerprint density at radius 3 is 2.42 bits per heavy atom. The fraction of sp³-hybridized carbons (Fsp3) is 0.294. The van der Waals surface area contributed by atoms with Crippen LogP contribution in [0.2, 0.25) is 0 Å². The largest absolute Gasteiger partial charge is 1.00 e. The Balaban J connectivity index is 0.00000133. The monoisotopic (exact) mass is 315 g/mol. The molecule has 1 fully saturated rings. The first kappa shape index (κ1) is 14.0. The number of hydrogen-bond acceptors (Lipinski definition) is 1.